The van der Waals surface area contributed by atoms with Crippen LogP contribution in [0.4, 0.5) is 21.6 Å². The zero-order valence-corrected chi connectivity index (χ0v) is 23.0. The molecule has 11 heteroatoms. The summed E-state index contributed by atoms with van der Waals surface area (Å²) in [4.78, 5) is 26.7. The van der Waals surface area contributed by atoms with E-state index < -0.39 is 5.82 Å². The van der Waals surface area contributed by atoms with Gasteiger partial charge in [-0.2, -0.15) is 0 Å². The molecule has 2 unspecified atom stereocenters. The second kappa shape index (κ2) is 11.7. The molecule has 1 amide bonds. The summed E-state index contributed by atoms with van der Waals surface area (Å²) in [6.45, 7) is 3.91. The van der Waals surface area contributed by atoms with Crippen molar-refractivity contribution in [3.63, 3.8) is 0 Å². The van der Waals surface area contributed by atoms with E-state index in [-0.39, 0.29) is 17.0 Å². The van der Waals surface area contributed by atoms with Gasteiger partial charge in [-0.25, -0.2) is 14.4 Å². The Labute approximate surface area is 237 Å². The lowest BCUT2D eigenvalue weighted by atomic mass is 10.1. The van der Waals surface area contributed by atoms with E-state index in [1.54, 1.807) is 24.3 Å². The number of likely N-dealkylation sites (N-methyl/N-ethyl adjacent to an activating group) is 1. The van der Waals surface area contributed by atoms with Gasteiger partial charge in [-0.3, -0.25) is 14.6 Å². The Balaban J connectivity index is 1.22. The number of halogens is 2. The summed E-state index contributed by atoms with van der Waals surface area (Å²) >= 11 is 5.96. The second-order valence-corrected chi connectivity index (χ2v) is 11.0. The number of rotatable bonds is 8. The molecular formula is C29H32ClFN6O3. The molecule has 3 aliphatic heterocycles. The quantitative estimate of drug-likeness (QED) is 0.382. The number of carbonyl (C=O) groups is 1. The van der Waals surface area contributed by atoms with E-state index in [9.17, 15) is 9.18 Å². The molecule has 0 aliphatic carbocycles. The lowest BCUT2D eigenvalue weighted by molar-refractivity contribution is -0.111. The Morgan fingerprint density at radius 3 is 2.77 bits per heavy atom. The van der Waals surface area contributed by atoms with Gasteiger partial charge < -0.3 is 20.1 Å². The number of anilines is 3. The molecule has 0 spiro atoms. The van der Waals surface area contributed by atoms with E-state index in [2.05, 4.69) is 37.4 Å². The third kappa shape index (κ3) is 5.90. The van der Waals surface area contributed by atoms with E-state index in [0.717, 1.165) is 26.1 Å². The van der Waals surface area contributed by atoms with Gasteiger partial charge >= 0.3 is 0 Å². The molecule has 3 atom stereocenters. The van der Waals surface area contributed by atoms with Crippen LogP contribution in [0.1, 0.15) is 19.3 Å². The highest BCUT2D eigenvalue weighted by Crippen LogP contribution is 2.35. The minimum atomic E-state index is -0.504. The van der Waals surface area contributed by atoms with Crippen LogP contribution in [0.15, 0.2) is 48.8 Å². The van der Waals surface area contributed by atoms with E-state index in [4.69, 9.17) is 21.1 Å². The SMILES string of the molecule is CN1C2CCC1CN(CC=CC(=O)Nc1cc3c(Nc4ccc(F)c(Cl)c4)ncnc3cc1O[C@H]1CCOC1)C2. The molecule has 3 aliphatic rings. The molecule has 0 saturated carbocycles. The average Bonchev–Trinajstić information content (AvgIpc) is 3.50. The predicted octanol–water partition coefficient (Wildman–Crippen LogP) is 4.61. The van der Waals surface area contributed by atoms with Crippen molar-refractivity contribution in [1.29, 1.82) is 0 Å². The zero-order chi connectivity index (χ0) is 27.6. The van der Waals surface area contributed by atoms with Gasteiger partial charge in [0.1, 0.15) is 29.8 Å². The van der Waals surface area contributed by atoms with Gasteiger partial charge in [-0.1, -0.05) is 17.7 Å². The largest absolute Gasteiger partial charge is 0.486 e. The fourth-order valence-electron chi connectivity index (χ4n) is 5.71. The summed E-state index contributed by atoms with van der Waals surface area (Å²) in [5, 5.41) is 6.82. The van der Waals surface area contributed by atoms with Gasteiger partial charge in [-0.05, 0) is 44.2 Å². The highest BCUT2D eigenvalue weighted by atomic mass is 35.5. The Kier molecular flexibility index (Phi) is 7.84. The molecule has 3 saturated heterocycles. The van der Waals surface area contributed by atoms with Crippen LogP contribution in [-0.4, -0.2) is 83.8 Å². The number of aromatic nitrogens is 2. The van der Waals surface area contributed by atoms with Gasteiger partial charge in [0.2, 0.25) is 5.91 Å². The summed E-state index contributed by atoms with van der Waals surface area (Å²) < 4.78 is 25.4. The fraction of sp³-hybridized carbons (Fsp3) is 0.414. The number of fused-ring (bicyclic) bond motifs is 3. The van der Waals surface area contributed by atoms with Crippen molar-refractivity contribution < 1.29 is 18.7 Å². The number of hydrogen-bond acceptors (Lipinski definition) is 8. The first-order valence-electron chi connectivity index (χ1n) is 13.6. The number of nitrogens with zero attached hydrogens (tertiary/aromatic N) is 4. The van der Waals surface area contributed by atoms with E-state index in [1.807, 2.05) is 6.08 Å². The van der Waals surface area contributed by atoms with Crippen LogP contribution >= 0.6 is 11.6 Å². The molecule has 210 valence electrons. The molecular weight excluding hydrogens is 535 g/mol. The zero-order valence-electron chi connectivity index (χ0n) is 22.3. The molecule has 9 nitrogen and oxygen atoms in total. The molecule has 2 N–H and O–H groups in total. The standard InChI is InChI=1S/C29H32ClFN6O3/c1-36-19-5-6-20(36)15-37(14-19)9-2-3-28(38)35-26-12-22-25(13-27(26)40-21-8-10-39-16-21)32-17-33-29(22)34-18-4-7-24(31)23(30)11-18/h2-4,7,11-13,17,19-21H,5-6,8-10,14-16H2,1H3,(H,35,38)(H,32,33,34)/t19?,20?,21-/m0/s1. The summed E-state index contributed by atoms with van der Waals surface area (Å²) in [5.74, 6) is 0.241. The molecule has 0 radical (unpaired) electrons. The molecule has 4 heterocycles. The lowest BCUT2D eigenvalue weighted by Crippen LogP contribution is -2.51. The van der Waals surface area contributed by atoms with Gasteiger partial charge in [0, 0.05) is 61.4 Å². The summed E-state index contributed by atoms with van der Waals surface area (Å²) in [6, 6.07) is 9.14. The van der Waals surface area contributed by atoms with Crippen LogP contribution in [-0.2, 0) is 9.53 Å². The van der Waals surface area contributed by atoms with Crippen molar-refractivity contribution in [3.8, 4) is 5.75 Å². The molecule has 6 rings (SSSR count). The molecule has 2 bridgehead atoms. The number of nitrogens with one attached hydrogen (secondary N) is 2. The predicted molar refractivity (Wildman–Crippen MR) is 153 cm³/mol. The van der Waals surface area contributed by atoms with Crippen molar-refractivity contribution in [1.82, 2.24) is 19.8 Å². The summed E-state index contributed by atoms with van der Waals surface area (Å²) in [7, 11) is 2.21. The Morgan fingerprint density at radius 2 is 2.02 bits per heavy atom. The Hall–Kier alpha value is -3.31. The van der Waals surface area contributed by atoms with Gasteiger partial charge in [0.25, 0.3) is 0 Å². The molecule has 40 heavy (non-hydrogen) atoms. The minimum absolute atomic E-state index is 0.00166. The highest BCUT2D eigenvalue weighted by molar-refractivity contribution is 6.31. The first kappa shape index (κ1) is 26.9. The van der Waals surface area contributed by atoms with E-state index >= 15 is 0 Å². The van der Waals surface area contributed by atoms with Crippen molar-refractivity contribution >= 4 is 45.6 Å². The highest BCUT2D eigenvalue weighted by Gasteiger charge is 2.36. The molecule has 1 aromatic heterocycles. The Bertz CT molecular complexity index is 1420. The maximum absolute atomic E-state index is 13.7. The van der Waals surface area contributed by atoms with Crippen LogP contribution in [0.5, 0.6) is 5.75 Å². The lowest BCUT2D eigenvalue weighted by Gasteiger charge is -2.38. The molecule has 3 fully saturated rings. The van der Waals surface area contributed by atoms with Crippen LogP contribution in [0, 0.1) is 5.82 Å². The Morgan fingerprint density at radius 1 is 1.20 bits per heavy atom. The van der Waals surface area contributed by atoms with Crippen molar-refractivity contribution in [2.24, 2.45) is 0 Å². The van der Waals surface area contributed by atoms with E-state index in [0.29, 0.717) is 59.1 Å². The van der Waals surface area contributed by atoms with Crippen LogP contribution in [0.3, 0.4) is 0 Å². The van der Waals surface area contributed by atoms with Crippen LogP contribution in [0.2, 0.25) is 5.02 Å². The monoisotopic (exact) mass is 566 g/mol. The van der Waals surface area contributed by atoms with Crippen LogP contribution < -0.4 is 15.4 Å². The smallest absolute Gasteiger partial charge is 0.248 e. The van der Waals surface area contributed by atoms with Crippen molar-refractivity contribution in [2.45, 2.75) is 37.5 Å². The first-order valence-corrected chi connectivity index (χ1v) is 14.0. The summed E-state index contributed by atoms with van der Waals surface area (Å²) in [6.07, 6.45) is 8.07. The number of hydrogen-bond donors (Lipinski definition) is 2. The normalized spacial score (nSPS) is 23.2. The number of amides is 1. The number of ether oxygens (including phenoxy) is 2. The van der Waals surface area contributed by atoms with Gasteiger partial charge in [0.15, 0.2) is 0 Å². The fourth-order valence-corrected chi connectivity index (χ4v) is 5.89. The first-order chi connectivity index (χ1) is 19.4. The number of likely N-dealkylation sites (tertiary alicyclic amines) is 1. The van der Waals surface area contributed by atoms with Crippen molar-refractivity contribution in [3.05, 3.63) is 59.7 Å². The van der Waals surface area contributed by atoms with Crippen LogP contribution in [0.25, 0.3) is 10.9 Å². The average molecular weight is 567 g/mol. The van der Waals surface area contributed by atoms with Gasteiger partial charge in [-0.15, -0.1) is 0 Å². The maximum Gasteiger partial charge on any atom is 0.248 e. The third-order valence-electron chi connectivity index (χ3n) is 7.91. The second-order valence-electron chi connectivity index (χ2n) is 10.6. The third-order valence-corrected chi connectivity index (χ3v) is 8.20. The topological polar surface area (TPSA) is 91.9 Å². The van der Waals surface area contributed by atoms with Crippen molar-refractivity contribution in [2.75, 3.05) is 50.5 Å². The number of piperazine rings is 1. The summed E-state index contributed by atoms with van der Waals surface area (Å²) in [5.41, 5.74) is 1.69. The molecule has 3 aromatic rings. The molecule has 2 aromatic carbocycles. The van der Waals surface area contributed by atoms with E-state index in [1.165, 1.54) is 31.3 Å². The number of benzene rings is 2. The maximum atomic E-state index is 13.7. The minimum Gasteiger partial charge on any atom is -0.486 e. The number of carbonyl (C=O) groups excluding carboxylic acids is 1. The van der Waals surface area contributed by atoms with Gasteiger partial charge in [0.05, 0.1) is 29.4 Å².